The van der Waals surface area contributed by atoms with Crippen molar-refractivity contribution in [3.63, 3.8) is 0 Å². The van der Waals surface area contributed by atoms with Gasteiger partial charge in [0.05, 0.1) is 13.0 Å². The number of carbonyl (C=O) groups is 3. The van der Waals surface area contributed by atoms with E-state index in [1.54, 1.807) is 12.4 Å². The molecule has 2 amide bonds. The van der Waals surface area contributed by atoms with Crippen LogP contribution >= 0.6 is 0 Å². The van der Waals surface area contributed by atoms with Crippen LogP contribution in [0.2, 0.25) is 0 Å². The van der Waals surface area contributed by atoms with E-state index in [2.05, 4.69) is 21.9 Å². The van der Waals surface area contributed by atoms with Gasteiger partial charge in [-0.25, -0.2) is 9.59 Å². The van der Waals surface area contributed by atoms with Gasteiger partial charge in [0.25, 0.3) is 0 Å². The number of amides is 2. The summed E-state index contributed by atoms with van der Waals surface area (Å²) in [7, 11) is 0. The minimum atomic E-state index is -1.02. The lowest BCUT2D eigenvalue weighted by molar-refractivity contribution is -0.148. The molecule has 0 aromatic carbocycles. The highest BCUT2D eigenvalue weighted by Crippen LogP contribution is 2.01. The molecule has 0 fully saturated rings. The first-order valence-electron chi connectivity index (χ1n) is 4.07. The van der Waals surface area contributed by atoms with E-state index in [9.17, 15) is 14.4 Å². The summed E-state index contributed by atoms with van der Waals surface area (Å²) in [5.41, 5.74) is 6.11. The van der Waals surface area contributed by atoms with Gasteiger partial charge in [0.1, 0.15) is 0 Å². The molecule has 0 aromatic heterocycles. The van der Waals surface area contributed by atoms with Crippen LogP contribution in [0.5, 0.6) is 0 Å². The highest BCUT2D eigenvalue weighted by Gasteiger charge is 2.14. The quantitative estimate of drug-likeness (QED) is 0.378. The standard InChI is InChI=1S/C8H12N2O5/c1-3-14-6(11)4-5(2)7(12)15-10-8(9)13/h2-4H2,1H3,(H3,9,10,13). The Bertz CT molecular complexity index is 287. The van der Waals surface area contributed by atoms with Crippen LogP contribution in [0.25, 0.3) is 0 Å². The fourth-order valence-electron chi connectivity index (χ4n) is 0.627. The average Bonchev–Trinajstić information content (AvgIpc) is 2.14. The van der Waals surface area contributed by atoms with Crippen molar-refractivity contribution in [3.8, 4) is 0 Å². The minimum absolute atomic E-state index is 0.137. The maximum absolute atomic E-state index is 11.0. The third-order valence-electron chi connectivity index (χ3n) is 1.20. The van der Waals surface area contributed by atoms with Gasteiger partial charge < -0.3 is 15.3 Å². The number of hydrogen-bond acceptors (Lipinski definition) is 5. The Hall–Kier alpha value is -2.05. The summed E-state index contributed by atoms with van der Waals surface area (Å²) in [5.74, 6) is -1.54. The van der Waals surface area contributed by atoms with E-state index in [0.717, 1.165) is 0 Å². The van der Waals surface area contributed by atoms with Crippen LogP contribution in [0.15, 0.2) is 12.2 Å². The second kappa shape index (κ2) is 6.41. The number of carbonyl (C=O) groups excluding carboxylic acids is 3. The molecule has 0 saturated heterocycles. The highest BCUT2D eigenvalue weighted by atomic mass is 16.7. The first kappa shape index (κ1) is 12.9. The number of nitrogens with one attached hydrogen (secondary N) is 1. The Balaban J connectivity index is 3.94. The predicted octanol–water partition coefficient (Wildman–Crippen LogP) is -0.378. The molecule has 0 saturated carbocycles. The van der Waals surface area contributed by atoms with Crippen LogP contribution in [0.3, 0.4) is 0 Å². The van der Waals surface area contributed by atoms with Gasteiger partial charge in [-0.1, -0.05) is 6.58 Å². The fraction of sp³-hybridized carbons (Fsp3) is 0.375. The molecule has 3 N–H and O–H groups in total. The molecule has 0 heterocycles. The fourth-order valence-corrected chi connectivity index (χ4v) is 0.627. The Morgan fingerprint density at radius 2 is 2.00 bits per heavy atom. The van der Waals surface area contributed by atoms with Gasteiger partial charge in [-0.15, -0.1) is 0 Å². The molecule has 0 unspecified atom stereocenters. The maximum Gasteiger partial charge on any atom is 0.359 e. The number of urea groups is 1. The van der Waals surface area contributed by atoms with Gasteiger partial charge in [-0.05, 0) is 6.92 Å². The zero-order valence-electron chi connectivity index (χ0n) is 8.24. The zero-order valence-corrected chi connectivity index (χ0v) is 8.24. The molecule has 7 nitrogen and oxygen atoms in total. The first-order chi connectivity index (χ1) is 6.97. The Labute approximate surface area is 86.2 Å². The lowest BCUT2D eigenvalue weighted by atomic mass is 10.2. The molecule has 0 aliphatic carbocycles. The van der Waals surface area contributed by atoms with Crippen molar-refractivity contribution in [3.05, 3.63) is 12.2 Å². The van der Waals surface area contributed by atoms with Gasteiger partial charge in [0.2, 0.25) is 0 Å². The number of esters is 1. The van der Waals surface area contributed by atoms with Crippen LogP contribution in [-0.2, 0) is 19.2 Å². The molecular formula is C8H12N2O5. The molecule has 0 aliphatic rings. The van der Waals surface area contributed by atoms with Crippen molar-refractivity contribution >= 4 is 18.0 Å². The summed E-state index contributed by atoms with van der Waals surface area (Å²) >= 11 is 0. The van der Waals surface area contributed by atoms with Crippen molar-refractivity contribution in [2.75, 3.05) is 6.61 Å². The largest absolute Gasteiger partial charge is 0.466 e. The van der Waals surface area contributed by atoms with Gasteiger partial charge in [-0.3, -0.25) is 4.79 Å². The molecule has 0 rings (SSSR count). The summed E-state index contributed by atoms with van der Waals surface area (Å²) < 4.78 is 4.57. The minimum Gasteiger partial charge on any atom is -0.466 e. The number of rotatable bonds is 4. The monoisotopic (exact) mass is 216 g/mol. The van der Waals surface area contributed by atoms with Crippen LogP contribution < -0.4 is 11.2 Å². The van der Waals surface area contributed by atoms with Crippen molar-refractivity contribution in [1.29, 1.82) is 0 Å². The number of hydroxylamine groups is 1. The summed E-state index contributed by atoms with van der Waals surface area (Å²) in [6.45, 7) is 5.13. The lowest BCUT2D eigenvalue weighted by Crippen LogP contribution is -2.32. The highest BCUT2D eigenvalue weighted by molar-refractivity contribution is 5.93. The summed E-state index contributed by atoms with van der Waals surface area (Å²) in [5, 5.41) is 0. The Kier molecular flexibility index (Phi) is 5.53. The van der Waals surface area contributed by atoms with Crippen LogP contribution in [0.1, 0.15) is 13.3 Å². The predicted molar refractivity (Wildman–Crippen MR) is 49.2 cm³/mol. The van der Waals surface area contributed by atoms with E-state index >= 15 is 0 Å². The normalized spacial score (nSPS) is 8.87. The third-order valence-corrected chi connectivity index (χ3v) is 1.20. The third kappa shape index (κ3) is 6.08. The first-order valence-corrected chi connectivity index (χ1v) is 4.07. The van der Waals surface area contributed by atoms with E-state index in [-0.39, 0.29) is 18.6 Å². The van der Waals surface area contributed by atoms with Crippen LogP contribution in [0.4, 0.5) is 4.79 Å². The summed E-state index contributed by atoms with van der Waals surface area (Å²) in [6.07, 6.45) is -0.298. The molecule has 0 bridgehead atoms. The Morgan fingerprint density at radius 3 is 2.47 bits per heavy atom. The van der Waals surface area contributed by atoms with E-state index in [4.69, 9.17) is 0 Å². The van der Waals surface area contributed by atoms with Gasteiger partial charge >= 0.3 is 18.0 Å². The lowest BCUT2D eigenvalue weighted by Gasteiger charge is -2.05. The maximum atomic E-state index is 11.0. The molecule has 84 valence electrons. The van der Waals surface area contributed by atoms with Gasteiger partial charge in [0.15, 0.2) is 0 Å². The zero-order chi connectivity index (χ0) is 11.8. The number of ether oxygens (including phenoxy) is 1. The van der Waals surface area contributed by atoms with E-state index < -0.39 is 18.0 Å². The SMILES string of the molecule is C=C(CC(=O)OCC)C(=O)ONC(N)=O. The van der Waals surface area contributed by atoms with Crippen molar-refractivity contribution in [1.82, 2.24) is 5.48 Å². The van der Waals surface area contributed by atoms with Crippen molar-refractivity contribution in [2.45, 2.75) is 13.3 Å². The second-order valence-electron chi connectivity index (χ2n) is 2.44. The Morgan fingerprint density at radius 1 is 1.40 bits per heavy atom. The molecule has 0 radical (unpaired) electrons. The molecule has 0 aliphatic heterocycles. The van der Waals surface area contributed by atoms with Crippen molar-refractivity contribution < 1.29 is 24.0 Å². The molecule has 15 heavy (non-hydrogen) atoms. The smallest absolute Gasteiger partial charge is 0.359 e. The van der Waals surface area contributed by atoms with E-state index in [1.807, 2.05) is 0 Å². The van der Waals surface area contributed by atoms with Crippen LogP contribution in [-0.4, -0.2) is 24.6 Å². The van der Waals surface area contributed by atoms with E-state index in [0.29, 0.717) is 0 Å². The second-order valence-corrected chi connectivity index (χ2v) is 2.44. The van der Waals surface area contributed by atoms with E-state index in [1.165, 1.54) is 0 Å². The van der Waals surface area contributed by atoms with Gasteiger partial charge in [-0.2, -0.15) is 5.48 Å². The van der Waals surface area contributed by atoms with Crippen molar-refractivity contribution in [2.24, 2.45) is 5.73 Å². The molecule has 0 atom stereocenters. The summed E-state index contributed by atoms with van der Waals surface area (Å²) in [4.78, 5) is 36.2. The van der Waals surface area contributed by atoms with Gasteiger partial charge in [0, 0.05) is 5.57 Å². The van der Waals surface area contributed by atoms with Crippen LogP contribution in [0, 0.1) is 0 Å². The summed E-state index contributed by atoms with van der Waals surface area (Å²) in [6, 6.07) is -1.02. The molecular weight excluding hydrogens is 204 g/mol. The number of hydrogen-bond donors (Lipinski definition) is 2. The molecule has 0 aromatic rings. The average molecular weight is 216 g/mol. The molecule has 7 heteroatoms. The topological polar surface area (TPSA) is 108 Å². The molecule has 0 spiro atoms. The number of nitrogens with two attached hydrogens (primary N) is 1. The number of primary amides is 1.